The van der Waals surface area contributed by atoms with Crippen LogP contribution in [-0.2, 0) is 4.79 Å². The lowest BCUT2D eigenvalue weighted by Crippen LogP contribution is -2.43. The average Bonchev–Trinajstić information content (AvgIpc) is 2.71. The Balaban J connectivity index is 1.50. The second-order valence-corrected chi connectivity index (χ2v) is 8.29. The fourth-order valence-corrected chi connectivity index (χ4v) is 3.88. The van der Waals surface area contributed by atoms with E-state index >= 15 is 0 Å². The molecule has 0 unspecified atom stereocenters. The summed E-state index contributed by atoms with van der Waals surface area (Å²) in [5.41, 5.74) is 3.84. The Hall–Kier alpha value is -2.53. The summed E-state index contributed by atoms with van der Waals surface area (Å²) in [4.78, 5) is 27.0. The molecule has 0 saturated carbocycles. The standard InChI is InChI=1S/C23H28ClN3O2/c1-15-4-9-21(16(2)14-15)26-22(28)17(3)18-10-12-27(13-11-18)23(29)25-20-7-5-19(24)6-8-20/h4-9,14,17-18H,10-13H2,1-3H3,(H,25,29)(H,26,28)/t17-/m1/s1. The maximum Gasteiger partial charge on any atom is 0.321 e. The molecule has 2 aromatic rings. The second kappa shape index (κ2) is 9.31. The number of anilines is 2. The Morgan fingerprint density at radius 2 is 1.69 bits per heavy atom. The maximum absolute atomic E-state index is 12.7. The number of piperidine rings is 1. The van der Waals surface area contributed by atoms with Crippen LogP contribution in [0.15, 0.2) is 42.5 Å². The van der Waals surface area contributed by atoms with Gasteiger partial charge < -0.3 is 15.5 Å². The van der Waals surface area contributed by atoms with Crippen LogP contribution in [0.2, 0.25) is 5.02 Å². The van der Waals surface area contributed by atoms with Crippen molar-refractivity contribution in [3.8, 4) is 0 Å². The first-order valence-electron chi connectivity index (χ1n) is 10.0. The number of aryl methyl sites for hydroxylation is 2. The topological polar surface area (TPSA) is 61.4 Å². The summed E-state index contributed by atoms with van der Waals surface area (Å²) >= 11 is 5.88. The van der Waals surface area contributed by atoms with Crippen LogP contribution in [0.4, 0.5) is 16.2 Å². The Labute approximate surface area is 177 Å². The highest BCUT2D eigenvalue weighted by Crippen LogP contribution is 2.27. The highest BCUT2D eigenvalue weighted by molar-refractivity contribution is 6.30. The number of rotatable bonds is 4. The molecule has 3 rings (SSSR count). The molecule has 6 heteroatoms. The van der Waals surface area contributed by atoms with Gasteiger partial charge in [0, 0.05) is 35.4 Å². The number of carbonyl (C=O) groups is 2. The molecule has 0 aromatic heterocycles. The SMILES string of the molecule is Cc1ccc(NC(=O)[C@H](C)C2CCN(C(=O)Nc3ccc(Cl)cc3)CC2)c(C)c1. The van der Waals surface area contributed by atoms with Crippen LogP contribution < -0.4 is 10.6 Å². The van der Waals surface area contributed by atoms with Crippen molar-refractivity contribution in [1.29, 1.82) is 0 Å². The summed E-state index contributed by atoms with van der Waals surface area (Å²) in [6, 6.07) is 13.0. The highest BCUT2D eigenvalue weighted by atomic mass is 35.5. The van der Waals surface area contributed by atoms with E-state index in [0.717, 1.165) is 29.8 Å². The maximum atomic E-state index is 12.7. The zero-order valence-corrected chi connectivity index (χ0v) is 17.9. The van der Waals surface area contributed by atoms with Gasteiger partial charge in [0.05, 0.1) is 0 Å². The third-order valence-corrected chi connectivity index (χ3v) is 5.93. The fourth-order valence-electron chi connectivity index (χ4n) is 3.75. The number of benzene rings is 2. The molecule has 1 fully saturated rings. The molecule has 29 heavy (non-hydrogen) atoms. The average molecular weight is 414 g/mol. The van der Waals surface area contributed by atoms with Gasteiger partial charge in [0.2, 0.25) is 5.91 Å². The number of hydrogen-bond acceptors (Lipinski definition) is 2. The van der Waals surface area contributed by atoms with Gasteiger partial charge in [0.1, 0.15) is 0 Å². The van der Waals surface area contributed by atoms with Gasteiger partial charge in [-0.05, 0) is 68.5 Å². The molecule has 154 valence electrons. The zero-order valence-electron chi connectivity index (χ0n) is 17.2. The first-order valence-corrected chi connectivity index (χ1v) is 10.4. The Morgan fingerprint density at radius 1 is 1.03 bits per heavy atom. The Kier molecular flexibility index (Phi) is 6.80. The normalized spacial score (nSPS) is 15.7. The minimum atomic E-state index is -0.113. The van der Waals surface area contributed by atoms with E-state index in [1.807, 2.05) is 32.9 Å². The minimum Gasteiger partial charge on any atom is -0.326 e. The number of nitrogens with one attached hydrogen (secondary N) is 2. The first-order chi connectivity index (χ1) is 13.8. The minimum absolute atomic E-state index is 0.0426. The summed E-state index contributed by atoms with van der Waals surface area (Å²) in [7, 11) is 0. The third-order valence-electron chi connectivity index (χ3n) is 5.68. The predicted octanol–water partition coefficient (Wildman–Crippen LogP) is 5.48. The van der Waals surface area contributed by atoms with Crippen molar-refractivity contribution in [1.82, 2.24) is 4.90 Å². The first kappa shape index (κ1) is 21.2. The van der Waals surface area contributed by atoms with Crippen LogP contribution in [0.5, 0.6) is 0 Å². The molecule has 3 amide bonds. The molecule has 2 N–H and O–H groups in total. The second-order valence-electron chi connectivity index (χ2n) is 7.86. The number of carbonyl (C=O) groups excluding carboxylic acids is 2. The van der Waals surface area contributed by atoms with Crippen LogP contribution in [0.3, 0.4) is 0 Å². The van der Waals surface area contributed by atoms with Gasteiger partial charge in [0.15, 0.2) is 0 Å². The van der Waals surface area contributed by atoms with Gasteiger partial charge >= 0.3 is 6.03 Å². The van der Waals surface area contributed by atoms with Gasteiger partial charge in [-0.25, -0.2) is 4.79 Å². The van der Waals surface area contributed by atoms with Gasteiger partial charge in [0.25, 0.3) is 0 Å². The van der Waals surface area contributed by atoms with Crippen molar-refractivity contribution < 1.29 is 9.59 Å². The number of nitrogens with zero attached hydrogens (tertiary/aromatic N) is 1. The number of likely N-dealkylation sites (tertiary alicyclic amines) is 1. The molecule has 0 aliphatic carbocycles. The lowest BCUT2D eigenvalue weighted by molar-refractivity contribution is -0.121. The smallest absolute Gasteiger partial charge is 0.321 e. The number of halogens is 1. The van der Waals surface area contributed by atoms with Crippen molar-refractivity contribution in [2.45, 2.75) is 33.6 Å². The monoisotopic (exact) mass is 413 g/mol. The number of amides is 3. The van der Waals surface area contributed by atoms with E-state index in [0.29, 0.717) is 18.1 Å². The summed E-state index contributed by atoms with van der Waals surface area (Å²) in [6.45, 7) is 7.31. The fraction of sp³-hybridized carbons (Fsp3) is 0.391. The lowest BCUT2D eigenvalue weighted by Gasteiger charge is -2.34. The molecule has 0 bridgehead atoms. The molecule has 1 saturated heterocycles. The van der Waals surface area contributed by atoms with Crippen LogP contribution in [0.25, 0.3) is 0 Å². The largest absolute Gasteiger partial charge is 0.326 e. The van der Waals surface area contributed by atoms with E-state index in [4.69, 9.17) is 11.6 Å². The van der Waals surface area contributed by atoms with Crippen LogP contribution in [-0.4, -0.2) is 29.9 Å². The number of urea groups is 1. The molecular formula is C23H28ClN3O2. The van der Waals surface area contributed by atoms with Crippen molar-refractivity contribution >= 4 is 34.9 Å². The van der Waals surface area contributed by atoms with E-state index < -0.39 is 0 Å². The van der Waals surface area contributed by atoms with Crippen LogP contribution in [0, 0.1) is 25.7 Å². The highest BCUT2D eigenvalue weighted by Gasteiger charge is 2.30. The molecular weight excluding hydrogens is 386 g/mol. The van der Waals surface area contributed by atoms with Crippen molar-refractivity contribution in [3.63, 3.8) is 0 Å². The van der Waals surface area contributed by atoms with Gasteiger partial charge in [-0.1, -0.05) is 36.2 Å². The van der Waals surface area contributed by atoms with E-state index in [-0.39, 0.29) is 23.8 Å². The van der Waals surface area contributed by atoms with Crippen molar-refractivity contribution in [2.75, 3.05) is 23.7 Å². The molecule has 0 radical (unpaired) electrons. The lowest BCUT2D eigenvalue weighted by atomic mass is 9.85. The quantitative estimate of drug-likeness (QED) is 0.697. The van der Waals surface area contributed by atoms with Crippen molar-refractivity contribution in [2.24, 2.45) is 11.8 Å². The molecule has 1 heterocycles. The summed E-state index contributed by atoms with van der Waals surface area (Å²) < 4.78 is 0. The van der Waals surface area contributed by atoms with Gasteiger partial charge in [-0.2, -0.15) is 0 Å². The summed E-state index contributed by atoms with van der Waals surface area (Å²) in [5.74, 6) is 0.207. The summed E-state index contributed by atoms with van der Waals surface area (Å²) in [6.07, 6.45) is 1.63. The van der Waals surface area contributed by atoms with E-state index in [2.05, 4.69) is 16.7 Å². The number of hydrogen-bond donors (Lipinski definition) is 2. The zero-order chi connectivity index (χ0) is 21.0. The Morgan fingerprint density at radius 3 is 2.31 bits per heavy atom. The third kappa shape index (κ3) is 5.51. The molecule has 0 spiro atoms. The van der Waals surface area contributed by atoms with Gasteiger partial charge in [-0.15, -0.1) is 0 Å². The van der Waals surface area contributed by atoms with E-state index in [1.165, 1.54) is 5.56 Å². The van der Waals surface area contributed by atoms with E-state index in [1.54, 1.807) is 29.2 Å². The molecule has 2 aromatic carbocycles. The molecule has 5 nitrogen and oxygen atoms in total. The molecule has 1 aliphatic rings. The van der Waals surface area contributed by atoms with Crippen molar-refractivity contribution in [3.05, 3.63) is 58.6 Å². The van der Waals surface area contributed by atoms with Crippen LogP contribution >= 0.6 is 11.6 Å². The molecule has 1 atom stereocenters. The summed E-state index contributed by atoms with van der Waals surface area (Å²) in [5, 5.41) is 6.60. The molecule has 1 aliphatic heterocycles. The van der Waals surface area contributed by atoms with Crippen LogP contribution in [0.1, 0.15) is 30.9 Å². The van der Waals surface area contributed by atoms with Gasteiger partial charge in [-0.3, -0.25) is 4.79 Å². The predicted molar refractivity (Wildman–Crippen MR) is 118 cm³/mol. The van der Waals surface area contributed by atoms with E-state index in [9.17, 15) is 9.59 Å². The Bertz CT molecular complexity index is 874.